The first-order valence-corrected chi connectivity index (χ1v) is 8.04. The zero-order valence-corrected chi connectivity index (χ0v) is 13.8. The Balaban J connectivity index is 1.74. The molecule has 24 heavy (non-hydrogen) atoms. The maximum Gasteiger partial charge on any atom is 0.249 e. The molecule has 0 unspecified atom stereocenters. The summed E-state index contributed by atoms with van der Waals surface area (Å²) in [5.74, 6) is 1.21. The normalized spacial score (nSPS) is 12.3. The lowest BCUT2D eigenvalue weighted by Gasteiger charge is -2.19. The van der Waals surface area contributed by atoms with Gasteiger partial charge in [0.2, 0.25) is 11.9 Å². The molecule has 1 aromatic carbocycles. The van der Waals surface area contributed by atoms with E-state index in [-0.39, 0.29) is 11.9 Å². The fraction of sp³-hybridized carbons (Fsp3) is 0.278. The highest BCUT2D eigenvalue weighted by Gasteiger charge is 2.22. The van der Waals surface area contributed by atoms with Gasteiger partial charge in [0.25, 0.3) is 0 Å². The summed E-state index contributed by atoms with van der Waals surface area (Å²) in [5.41, 5.74) is 0.926. The Bertz CT molecular complexity index is 777. The first-order chi connectivity index (χ1) is 11.6. The number of aromatic nitrogens is 4. The monoisotopic (exact) mass is 323 g/mol. The standard InChI is InChI=1S/C18H21N5O/c1-13(2)12-15(23-10-6-7-11-23)17(24)20-18-19-16(21-22-18)14-8-4-3-5-9-14/h3-11,13,15H,12H2,1-2H3,(H2,19,20,21,22,24)/t15-/m0/s1. The highest BCUT2D eigenvalue weighted by molar-refractivity contribution is 5.92. The van der Waals surface area contributed by atoms with Crippen molar-refractivity contribution in [2.45, 2.75) is 26.3 Å². The van der Waals surface area contributed by atoms with Crippen LogP contribution in [-0.2, 0) is 4.79 Å². The van der Waals surface area contributed by atoms with Crippen molar-refractivity contribution in [1.29, 1.82) is 0 Å². The van der Waals surface area contributed by atoms with Crippen LogP contribution in [0.5, 0.6) is 0 Å². The van der Waals surface area contributed by atoms with Gasteiger partial charge in [-0.15, -0.1) is 5.10 Å². The number of benzene rings is 1. The fourth-order valence-electron chi connectivity index (χ4n) is 2.60. The second-order valence-electron chi connectivity index (χ2n) is 6.14. The summed E-state index contributed by atoms with van der Waals surface area (Å²) < 4.78 is 1.92. The smallest absolute Gasteiger partial charge is 0.249 e. The lowest BCUT2D eigenvalue weighted by molar-refractivity contribution is -0.119. The molecular formula is C18H21N5O. The van der Waals surface area contributed by atoms with E-state index in [0.717, 1.165) is 12.0 Å². The van der Waals surface area contributed by atoms with Gasteiger partial charge in [0.1, 0.15) is 6.04 Å². The van der Waals surface area contributed by atoms with Crippen molar-refractivity contribution in [2.24, 2.45) is 5.92 Å². The zero-order valence-electron chi connectivity index (χ0n) is 13.8. The number of carbonyl (C=O) groups is 1. The van der Waals surface area contributed by atoms with Crippen LogP contribution in [0.15, 0.2) is 54.9 Å². The number of hydrogen-bond acceptors (Lipinski definition) is 3. The van der Waals surface area contributed by atoms with E-state index in [2.05, 4.69) is 34.3 Å². The Morgan fingerprint density at radius 2 is 1.88 bits per heavy atom. The second kappa shape index (κ2) is 7.12. The summed E-state index contributed by atoms with van der Waals surface area (Å²) in [6.45, 7) is 4.20. The van der Waals surface area contributed by atoms with Crippen molar-refractivity contribution >= 4 is 11.9 Å². The van der Waals surface area contributed by atoms with E-state index in [9.17, 15) is 4.79 Å². The highest BCUT2D eigenvalue weighted by Crippen LogP contribution is 2.20. The number of nitrogens with one attached hydrogen (secondary N) is 2. The first kappa shape index (κ1) is 16.0. The number of nitrogens with zero attached hydrogens (tertiary/aromatic N) is 3. The van der Waals surface area contributed by atoms with Crippen molar-refractivity contribution in [3.8, 4) is 11.4 Å². The van der Waals surface area contributed by atoms with Crippen LogP contribution in [0.4, 0.5) is 5.95 Å². The molecule has 3 rings (SSSR count). The molecule has 3 aromatic rings. The van der Waals surface area contributed by atoms with Gasteiger partial charge in [-0.05, 0) is 24.5 Å². The summed E-state index contributed by atoms with van der Waals surface area (Å²) >= 11 is 0. The molecule has 2 heterocycles. The summed E-state index contributed by atoms with van der Waals surface area (Å²) in [4.78, 5) is 17.0. The number of rotatable bonds is 6. The molecule has 0 radical (unpaired) electrons. The van der Waals surface area contributed by atoms with Gasteiger partial charge in [-0.3, -0.25) is 15.2 Å². The van der Waals surface area contributed by atoms with Crippen molar-refractivity contribution in [3.63, 3.8) is 0 Å². The Morgan fingerprint density at radius 3 is 2.54 bits per heavy atom. The average molecular weight is 323 g/mol. The van der Waals surface area contributed by atoms with E-state index in [0.29, 0.717) is 17.7 Å². The fourth-order valence-corrected chi connectivity index (χ4v) is 2.60. The molecule has 0 saturated carbocycles. The van der Waals surface area contributed by atoms with E-state index in [1.54, 1.807) is 0 Å². The van der Waals surface area contributed by atoms with Gasteiger partial charge in [0.15, 0.2) is 5.82 Å². The molecule has 0 spiro atoms. The number of amides is 1. The average Bonchev–Trinajstić information content (AvgIpc) is 3.25. The van der Waals surface area contributed by atoms with Crippen LogP contribution in [0.1, 0.15) is 26.3 Å². The summed E-state index contributed by atoms with van der Waals surface area (Å²) in [7, 11) is 0. The lowest BCUT2D eigenvalue weighted by atomic mass is 10.0. The molecule has 6 nitrogen and oxygen atoms in total. The summed E-state index contributed by atoms with van der Waals surface area (Å²) in [5, 5.41) is 9.77. The van der Waals surface area contributed by atoms with Crippen LogP contribution in [0.25, 0.3) is 11.4 Å². The molecule has 0 aliphatic rings. The predicted molar refractivity (Wildman–Crippen MR) is 93.4 cm³/mol. The van der Waals surface area contributed by atoms with E-state index in [4.69, 9.17) is 0 Å². The third-order valence-corrected chi connectivity index (χ3v) is 3.75. The van der Waals surface area contributed by atoms with Crippen molar-refractivity contribution in [2.75, 3.05) is 5.32 Å². The van der Waals surface area contributed by atoms with E-state index in [1.807, 2.05) is 59.4 Å². The van der Waals surface area contributed by atoms with E-state index < -0.39 is 0 Å². The molecule has 0 aliphatic carbocycles. The van der Waals surface area contributed by atoms with Gasteiger partial charge >= 0.3 is 0 Å². The van der Waals surface area contributed by atoms with Crippen molar-refractivity contribution in [3.05, 3.63) is 54.9 Å². The third-order valence-electron chi connectivity index (χ3n) is 3.75. The summed E-state index contributed by atoms with van der Waals surface area (Å²) in [6.07, 6.45) is 4.55. The molecule has 124 valence electrons. The molecule has 0 aliphatic heterocycles. The van der Waals surface area contributed by atoms with Crippen molar-refractivity contribution in [1.82, 2.24) is 19.7 Å². The van der Waals surface area contributed by atoms with Gasteiger partial charge in [-0.2, -0.15) is 4.98 Å². The maximum absolute atomic E-state index is 12.7. The first-order valence-electron chi connectivity index (χ1n) is 8.04. The molecule has 6 heteroatoms. The second-order valence-corrected chi connectivity index (χ2v) is 6.14. The Kier molecular flexibility index (Phi) is 4.74. The molecule has 0 fully saturated rings. The van der Waals surface area contributed by atoms with E-state index in [1.165, 1.54) is 0 Å². The quantitative estimate of drug-likeness (QED) is 0.729. The summed E-state index contributed by atoms with van der Waals surface area (Å²) in [6, 6.07) is 13.2. The zero-order chi connectivity index (χ0) is 16.9. The van der Waals surface area contributed by atoms with Gasteiger partial charge in [0, 0.05) is 18.0 Å². The molecule has 0 bridgehead atoms. The van der Waals surface area contributed by atoms with Crippen LogP contribution < -0.4 is 5.32 Å². The largest absolute Gasteiger partial charge is 0.342 e. The predicted octanol–water partition coefficient (Wildman–Crippen LogP) is 3.50. The van der Waals surface area contributed by atoms with Gasteiger partial charge in [0.05, 0.1) is 0 Å². The number of hydrogen-bond donors (Lipinski definition) is 2. The number of aromatic amines is 1. The SMILES string of the molecule is CC(C)C[C@@H](C(=O)Nc1n[nH]c(-c2ccccc2)n1)n1cccc1. The minimum absolute atomic E-state index is 0.112. The topological polar surface area (TPSA) is 75.6 Å². The molecule has 1 amide bonds. The van der Waals surface area contributed by atoms with Gasteiger partial charge < -0.3 is 4.57 Å². The molecular weight excluding hydrogens is 302 g/mol. The van der Waals surface area contributed by atoms with Gasteiger partial charge in [-0.1, -0.05) is 44.2 Å². The third kappa shape index (κ3) is 3.71. The highest BCUT2D eigenvalue weighted by atomic mass is 16.2. The van der Waals surface area contributed by atoms with Crippen LogP contribution >= 0.6 is 0 Å². The van der Waals surface area contributed by atoms with Crippen LogP contribution in [0, 0.1) is 5.92 Å². The van der Waals surface area contributed by atoms with Crippen LogP contribution in [0.2, 0.25) is 0 Å². The van der Waals surface area contributed by atoms with Gasteiger partial charge in [-0.25, -0.2) is 0 Å². The maximum atomic E-state index is 12.7. The Hall–Kier alpha value is -2.89. The molecule has 2 N–H and O–H groups in total. The Morgan fingerprint density at radius 1 is 1.17 bits per heavy atom. The number of anilines is 1. The minimum Gasteiger partial charge on any atom is -0.342 e. The van der Waals surface area contributed by atoms with E-state index >= 15 is 0 Å². The van der Waals surface area contributed by atoms with Crippen LogP contribution in [0.3, 0.4) is 0 Å². The number of H-pyrrole nitrogens is 1. The minimum atomic E-state index is -0.279. The number of carbonyl (C=O) groups excluding carboxylic acids is 1. The Labute approximate surface area is 140 Å². The van der Waals surface area contributed by atoms with Crippen LogP contribution in [-0.4, -0.2) is 25.7 Å². The molecule has 0 saturated heterocycles. The molecule has 2 aromatic heterocycles. The lowest BCUT2D eigenvalue weighted by Crippen LogP contribution is -2.27. The van der Waals surface area contributed by atoms with Crippen molar-refractivity contribution < 1.29 is 4.79 Å². The molecule has 1 atom stereocenters.